The Labute approximate surface area is 90.2 Å². The van der Waals surface area contributed by atoms with Gasteiger partial charge in [-0.25, -0.2) is 0 Å². The molecule has 74 valence electrons. The number of benzene rings is 2. The number of rotatable bonds is 1. The third-order valence-electron chi connectivity index (χ3n) is 2.55. The van der Waals surface area contributed by atoms with Crippen molar-refractivity contribution >= 4 is 12.7 Å². The maximum Gasteiger partial charge on any atom is -0.0184 e. The Hall–Kier alpha value is -1.82. The molecule has 0 amide bonds. The van der Waals surface area contributed by atoms with Gasteiger partial charge in [0, 0.05) is 0 Å². The lowest BCUT2D eigenvalue weighted by molar-refractivity contribution is 1.43. The van der Waals surface area contributed by atoms with E-state index in [2.05, 4.69) is 49.9 Å². The maximum atomic E-state index is 4.02. The van der Waals surface area contributed by atoms with Gasteiger partial charge in [-0.3, -0.25) is 0 Å². The summed E-state index contributed by atoms with van der Waals surface area (Å²) in [4.78, 5) is 0. The van der Waals surface area contributed by atoms with Gasteiger partial charge in [-0.2, -0.15) is 0 Å². The van der Waals surface area contributed by atoms with Gasteiger partial charge in [-0.15, -0.1) is 0 Å². The van der Waals surface area contributed by atoms with Crippen LogP contribution in [0.3, 0.4) is 0 Å². The zero-order valence-corrected chi connectivity index (χ0v) is 8.90. The summed E-state index contributed by atoms with van der Waals surface area (Å²) >= 11 is 0. The minimum atomic E-state index is 1.07. The number of hydrogen-bond acceptors (Lipinski definition) is 0. The summed E-state index contributed by atoms with van der Waals surface area (Å²) in [7, 11) is 0. The van der Waals surface area contributed by atoms with Gasteiger partial charge in [0.15, 0.2) is 0 Å². The molecule has 0 heteroatoms. The first-order valence-corrected chi connectivity index (χ1v) is 5.09. The topological polar surface area (TPSA) is 0 Å². The molecular weight excluding hydrogens is 180 g/mol. The van der Waals surface area contributed by atoms with Crippen LogP contribution in [0.1, 0.15) is 11.1 Å². The van der Waals surface area contributed by atoms with E-state index < -0.39 is 0 Å². The zero-order valence-electron chi connectivity index (χ0n) is 8.90. The normalized spacial score (nSPS) is 11.7. The van der Waals surface area contributed by atoms with Crippen molar-refractivity contribution in [3.63, 3.8) is 0 Å². The van der Waals surface area contributed by atoms with Crippen molar-refractivity contribution in [2.45, 2.75) is 6.92 Å². The summed E-state index contributed by atoms with van der Waals surface area (Å²) in [6.45, 7) is 6.14. The van der Waals surface area contributed by atoms with Crippen molar-refractivity contribution in [2.24, 2.45) is 0 Å². The van der Waals surface area contributed by atoms with Gasteiger partial charge in [0.2, 0.25) is 0 Å². The highest BCUT2D eigenvalue weighted by Gasteiger charge is 1.91. The van der Waals surface area contributed by atoms with Crippen LogP contribution < -0.4 is 10.4 Å². The quantitative estimate of drug-likeness (QED) is 0.653. The van der Waals surface area contributed by atoms with Crippen LogP contribution in [0, 0.1) is 6.92 Å². The first-order valence-electron chi connectivity index (χ1n) is 5.09. The van der Waals surface area contributed by atoms with Gasteiger partial charge in [-0.1, -0.05) is 55.1 Å². The molecule has 0 spiro atoms. The van der Waals surface area contributed by atoms with E-state index in [4.69, 9.17) is 0 Å². The van der Waals surface area contributed by atoms with Gasteiger partial charge in [0.05, 0.1) is 0 Å². The number of aryl methyl sites for hydroxylation is 1. The summed E-state index contributed by atoms with van der Waals surface area (Å²) in [6, 6.07) is 16.5. The molecule has 2 rings (SSSR count). The average molecular weight is 194 g/mol. The first kappa shape index (κ1) is 9.72. The van der Waals surface area contributed by atoms with Gasteiger partial charge >= 0.3 is 0 Å². The van der Waals surface area contributed by atoms with Gasteiger partial charge in [0.25, 0.3) is 0 Å². The van der Waals surface area contributed by atoms with E-state index in [0.717, 1.165) is 5.22 Å². The van der Waals surface area contributed by atoms with Gasteiger partial charge < -0.3 is 0 Å². The minimum absolute atomic E-state index is 1.07. The summed E-state index contributed by atoms with van der Waals surface area (Å²) in [5, 5.41) is 2.26. The van der Waals surface area contributed by atoms with Crippen molar-refractivity contribution in [1.82, 2.24) is 0 Å². The molecule has 0 aliphatic heterocycles. The summed E-state index contributed by atoms with van der Waals surface area (Å²) in [5.74, 6) is 0. The van der Waals surface area contributed by atoms with E-state index in [0.29, 0.717) is 0 Å². The van der Waals surface area contributed by atoms with Crippen LogP contribution in [0.2, 0.25) is 0 Å². The minimum Gasteiger partial charge on any atom is -0.0912 e. The molecule has 0 aliphatic carbocycles. The molecule has 0 nitrogen and oxygen atoms in total. The van der Waals surface area contributed by atoms with Crippen LogP contribution in [0.4, 0.5) is 0 Å². The Morgan fingerprint density at radius 1 is 0.933 bits per heavy atom. The monoisotopic (exact) mass is 194 g/mol. The molecule has 0 bridgehead atoms. The average Bonchev–Trinajstić information content (AvgIpc) is 2.24. The molecule has 0 aromatic heterocycles. The highest BCUT2D eigenvalue weighted by atomic mass is 14.0. The second-order valence-electron chi connectivity index (χ2n) is 3.70. The summed E-state index contributed by atoms with van der Waals surface area (Å²) in [5.41, 5.74) is 2.55. The fourth-order valence-electron chi connectivity index (χ4n) is 1.59. The first-order chi connectivity index (χ1) is 7.27. The van der Waals surface area contributed by atoms with E-state index in [1.807, 2.05) is 18.2 Å². The van der Waals surface area contributed by atoms with Crippen molar-refractivity contribution in [3.8, 4) is 0 Å². The molecule has 0 radical (unpaired) electrons. The summed E-state index contributed by atoms with van der Waals surface area (Å²) < 4.78 is 0. The molecule has 15 heavy (non-hydrogen) atoms. The maximum absolute atomic E-state index is 4.02. The largest absolute Gasteiger partial charge is 0.0912 e. The lowest BCUT2D eigenvalue weighted by Crippen LogP contribution is -2.21. The van der Waals surface area contributed by atoms with Crippen molar-refractivity contribution in [3.05, 3.63) is 70.1 Å². The Morgan fingerprint density at radius 3 is 2.33 bits per heavy atom. The van der Waals surface area contributed by atoms with E-state index in [9.17, 15) is 0 Å². The molecule has 2 aromatic rings. The Balaban J connectivity index is 2.62. The lowest BCUT2D eigenvalue weighted by atomic mass is 10.1. The van der Waals surface area contributed by atoms with E-state index in [-0.39, 0.29) is 0 Å². The fraction of sp³-hybridized carbons (Fsp3) is 0.0667. The van der Waals surface area contributed by atoms with E-state index >= 15 is 0 Å². The van der Waals surface area contributed by atoms with Crippen LogP contribution in [-0.4, -0.2) is 0 Å². The predicted octanol–water partition coefficient (Wildman–Crippen LogP) is 2.23. The Bertz CT molecular complexity index is 565. The number of hydrogen-bond donors (Lipinski definition) is 0. The van der Waals surface area contributed by atoms with Crippen LogP contribution in [0.5, 0.6) is 0 Å². The molecule has 0 heterocycles. The third-order valence-corrected chi connectivity index (χ3v) is 2.55. The lowest BCUT2D eigenvalue weighted by Gasteiger charge is -1.98. The van der Waals surface area contributed by atoms with E-state index in [1.54, 1.807) is 0 Å². The van der Waals surface area contributed by atoms with Crippen molar-refractivity contribution < 1.29 is 0 Å². The fourth-order valence-corrected chi connectivity index (χ4v) is 1.59. The molecule has 2 aromatic carbocycles. The van der Waals surface area contributed by atoms with Gasteiger partial charge in [0.1, 0.15) is 0 Å². The van der Waals surface area contributed by atoms with Crippen LogP contribution >= 0.6 is 0 Å². The molecule has 0 saturated carbocycles. The third kappa shape index (κ3) is 2.16. The highest BCUT2D eigenvalue weighted by molar-refractivity contribution is 5.53. The Morgan fingerprint density at radius 2 is 1.60 bits per heavy atom. The summed E-state index contributed by atoms with van der Waals surface area (Å²) in [6.07, 6.45) is 2.18. The molecule has 0 N–H and O–H groups in total. The molecule has 0 saturated heterocycles. The molecular formula is C15H14. The van der Waals surface area contributed by atoms with Crippen molar-refractivity contribution in [1.29, 1.82) is 0 Å². The van der Waals surface area contributed by atoms with E-state index in [1.165, 1.54) is 16.3 Å². The Kier molecular flexibility index (Phi) is 2.68. The molecule has 0 aliphatic rings. The zero-order chi connectivity index (χ0) is 10.7. The SMILES string of the molecule is C=c1cccc/c1=C/c1ccccc1C. The van der Waals surface area contributed by atoms with Gasteiger partial charge in [-0.05, 0) is 34.6 Å². The molecule has 0 fully saturated rings. The second kappa shape index (κ2) is 4.14. The van der Waals surface area contributed by atoms with Crippen LogP contribution in [0.25, 0.3) is 12.7 Å². The standard InChI is InChI=1S/C15H14/c1-12-7-3-5-9-14(12)11-15-10-6-4-8-13(15)2/h3-11H,1H2,2H3/b14-11-. The second-order valence-corrected chi connectivity index (χ2v) is 3.70. The van der Waals surface area contributed by atoms with Crippen molar-refractivity contribution in [2.75, 3.05) is 0 Å². The predicted molar refractivity (Wildman–Crippen MR) is 66.0 cm³/mol. The smallest absolute Gasteiger partial charge is 0.0184 e. The van der Waals surface area contributed by atoms with Crippen LogP contribution in [-0.2, 0) is 0 Å². The molecule has 0 unspecified atom stereocenters. The highest BCUT2D eigenvalue weighted by Crippen LogP contribution is 2.06. The molecule has 0 atom stereocenters. The van der Waals surface area contributed by atoms with Crippen LogP contribution in [0.15, 0.2) is 48.5 Å².